The maximum absolute atomic E-state index is 12.5. The number of carbonyl (C=O) groups excluding carboxylic acids is 1. The van der Waals surface area contributed by atoms with Crippen LogP contribution < -0.4 is 21.1 Å². The molecule has 6 rings (SSSR count). The lowest BCUT2D eigenvalue weighted by Crippen LogP contribution is -2.53. The number of fused-ring (bicyclic) bond motifs is 6. The lowest BCUT2D eigenvalue weighted by atomic mass is 9.81. The third-order valence-electron chi connectivity index (χ3n) is 8.97. The minimum absolute atomic E-state index is 0.0668. The van der Waals surface area contributed by atoms with E-state index in [1.165, 1.54) is 50.5 Å². The molecule has 2 saturated heterocycles. The van der Waals surface area contributed by atoms with Crippen molar-refractivity contribution in [2.45, 2.75) is 95.5 Å². The highest BCUT2D eigenvalue weighted by molar-refractivity contribution is 5.75. The van der Waals surface area contributed by atoms with Gasteiger partial charge < -0.3 is 5.32 Å². The van der Waals surface area contributed by atoms with Crippen LogP contribution in [0.1, 0.15) is 88.3 Å². The molecule has 3 aliphatic heterocycles. The Bertz CT molecular complexity index is 1060. The van der Waals surface area contributed by atoms with Gasteiger partial charge in [-0.15, -0.1) is 10.2 Å². The molecule has 1 amide bonds. The van der Waals surface area contributed by atoms with Gasteiger partial charge in [-0.1, -0.05) is 49.6 Å². The van der Waals surface area contributed by atoms with Gasteiger partial charge >= 0.3 is 0 Å². The van der Waals surface area contributed by atoms with Crippen LogP contribution >= 0.6 is 0 Å². The second kappa shape index (κ2) is 11.1. The monoisotopic (exact) mass is 506 g/mol. The summed E-state index contributed by atoms with van der Waals surface area (Å²) in [7, 11) is 0. The van der Waals surface area contributed by atoms with Crippen LogP contribution in [-0.2, 0) is 11.2 Å². The van der Waals surface area contributed by atoms with Gasteiger partial charge in [0, 0.05) is 43.9 Å². The fraction of sp³-hybridized carbons (Fsp3) is 0.679. The molecular weight excluding hydrogens is 464 g/mol. The zero-order valence-electron chi connectivity index (χ0n) is 22.1. The topological polar surface area (TPSA) is 90.3 Å². The third kappa shape index (κ3) is 5.13. The summed E-state index contributed by atoms with van der Waals surface area (Å²) < 4.78 is 2.39. The molecule has 3 fully saturated rings. The Labute approximate surface area is 220 Å². The molecule has 4 heterocycles. The molecular formula is C28H42N8O. The van der Waals surface area contributed by atoms with Crippen LogP contribution in [0.4, 0.5) is 5.95 Å². The zero-order valence-corrected chi connectivity index (χ0v) is 22.1. The molecule has 1 saturated carbocycles. The van der Waals surface area contributed by atoms with Gasteiger partial charge in [0.25, 0.3) is 0 Å². The maximum Gasteiger partial charge on any atom is 0.243 e. The van der Waals surface area contributed by atoms with Crippen molar-refractivity contribution in [3.05, 3.63) is 41.7 Å². The van der Waals surface area contributed by atoms with Gasteiger partial charge in [-0.3, -0.25) is 24.6 Å². The molecule has 0 radical (unpaired) electrons. The number of anilines is 1. The van der Waals surface area contributed by atoms with E-state index in [4.69, 9.17) is 0 Å². The van der Waals surface area contributed by atoms with Gasteiger partial charge in [0.1, 0.15) is 18.2 Å². The highest BCUT2D eigenvalue weighted by Crippen LogP contribution is 2.45. The third-order valence-corrected chi connectivity index (χ3v) is 8.97. The van der Waals surface area contributed by atoms with Crippen LogP contribution in [0.25, 0.3) is 0 Å². The average Bonchev–Trinajstić information content (AvgIpc) is 3.56. The lowest BCUT2D eigenvalue weighted by molar-refractivity contribution is -0.121. The number of carbonyl (C=O) groups is 1. The normalized spacial score (nSPS) is 29.4. The van der Waals surface area contributed by atoms with Crippen LogP contribution in [0.15, 0.2) is 30.3 Å². The summed E-state index contributed by atoms with van der Waals surface area (Å²) in [4.78, 5) is 15.0. The predicted octanol–water partition coefficient (Wildman–Crippen LogP) is 3.28. The van der Waals surface area contributed by atoms with E-state index in [1.807, 2.05) is 0 Å². The first-order valence-corrected chi connectivity index (χ1v) is 14.5. The number of hydrazine groups is 1. The molecule has 5 atom stereocenters. The Morgan fingerprint density at radius 3 is 2.78 bits per heavy atom. The molecule has 0 spiro atoms. The quantitative estimate of drug-likeness (QED) is 0.506. The minimum atomic E-state index is 0.0668. The summed E-state index contributed by atoms with van der Waals surface area (Å²) in [5.41, 5.74) is 4.90. The Morgan fingerprint density at radius 1 is 1.08 bits per heavy atom. The molecule has 4 unspecified atom stereocenters. The van der Waals surface area contributed by atoms with Crippen LogP contribution in [0.5, 0.6) is 0 Å². The lowest BCUT2D eigenvalue weighted by Gasteiger charge is -2.44. The van der Waals surface area contributed by atoms with Gasteiger partial charge in [-0.05, 0) is 51.1 Å². The molecule has 0 bridgehead atoms. The van der Waals surface area contributed by atoms with Crippen LogP contribution in [0.3, 0.4) is 0 Å². The molecule has 4 aliphatic rings. The molecule has 200 valence electrons. The minimum Gasteiger partial charge on any atom is -0.355 e. The van der Waals surface area contributed by atoms with E-state index in [2.05, 4.69) is 78.0 Å². The SMILES string of the molecule is C[C@H]1CCCCN1CCNC(=O)CCCc1nnc2n1C1CCCCC1C1NC(c3ccccc3)NN21. The summed E-state index contributed by atoms with van der Waals surface area (Å²) in [5, 5.41) is 18.5. The number of likely N-dealkylation sites (tertiary alicyclic amines) is 1. The number of piperidine rings is 1. The first kappa shape index (κ1) is 24.8. The van der Waals surface area contributed by atoms with E-state index in [-0.39, 0.29) is 18.2 Å². The number of aromatic nitrogens is 3. The predicted molar refractivity (Wildman–Crippen MR) is 144 cm³/mol. The molecule has 1 aromatic carbocycles. The second-order valence-corrected chi connectivity index (χ2v) is 11.3. The average molecular weight is 507 g/mol. The molecule has 9 heteroatoms. The zero-order chi connectivity index (χ0) is 25.2. The number of amides is 1. The Balaban J connectivity index is 1.07. The van der Waals surface area contributed by atoms with Crippen LogP contribution in [-0.4, -0.2) is 57.4 Å². The van der Waals surface area contributed by atoms with Crippen molar-refractivity contribution in [3.8, 4) is 0 Å². The van der Waals surface area contributed by atoms with Gasteiger partial charge in [0.2, 0.25) is 11.9 Å². The van der Waals surface area contributed by atoms with Crippen molar-refractivity contribution in [3.63, 3.8) is 0 Å². The molecule has 9 nitrogen and oxygen atoms in total. The number of nitrogens with one attached hydrogen (secondary N) is 3. The maximum atomic E-state index is 12.5. The smallest absolute Gasteiger partial charge is 0.243 e. The van der Waals surface area contributed by atoms with E-state index in [0.29, 0.717) is 24.4 Å². The van der Waals surface area contributed by atoms with Gasteiger partial charge in [0.05, 0.1) is 0 Å². The Morgan fingerprint density at radius 2 is 1.92 bits per heavy atom. The molecule has 2 aromatic rings. The summed E-state index contributed by atoms with van der Waals surface area (Å²) >= 11 is 0. The number of rotatable bonds is 8. The molecule has 3 N–H and O–H groups in total. The Kier molecular flexibility index (Phi) is 7.44. The Hall–Kier alpha value is -2.49. The first-order chi connectivity index (χ1) is 18.2. The van der Waals surface area contributed by atoms with Crippen molar-refractivity contribution in [2.75, 3.05) is 24.6 Å². The van der Waals surface area contributed by atoms with Crippen molar-refractivity contribution >= 4 is 11.9 Å². The fourth-order valence-corrected chi connectivity index (χ4v) is 6.96. The van der Waals surface area contributed by atoms with E-state index >= 15 is 0 Å². The molecule has 1 aliphatic carbocycles. The van der Waals surface area contributed by atoms with E-state index in [1.54, 1.807) is 0 Å². The van der Waals surface area contributed by atoms with Gasteiger partial charge in [-0.25, -0.2) is 5.43 Å². The van der Waals surface area contributed by atoms with Crippen molar-refractivity contribution in [2.24, 2.45) is 5.92 Å². The van der Waals surface area contributed by atoms with Crippen molar-refractivity contribution in [1.82, 2.24) is 35.7 Å². The van der Waals surface area contributed by atoms with Crippen molar-refractivity contribution < 1.29 is 4.79 Å². The first-order valence-electron chi connectivity index (χ1n) is 14.5. The summed E-state index contributed by atoms with van der Waals surface area (Å²) in [6.45, 7) is 5.15. The summed E-state index contributed by atoms with van der Waals surface area (Å²) in [6, 6.07) is 11.6. The van der Waals surface area contributed by atoms with Gasteiger partial charge in [-0.2, -0.15) is 0 Å². The van der Waals surface area contributed by atoms with E-state index in [0.717, 1.165) is 44.2 Å². The summed E-state index contributed by atoms with van der Waals surface area (Å²) in [5.74, 6) is 2.59. The van der Waals surface area contributed by atoms with Crippen molar-refractivity contribution in [1.29, 1.82) is 0 Å². The molecule has 1 aromatic heterocycles. The molecule has 37 heavy (non-hydrogen) atoms. The number of hydrogen-bond acceptors (Lipinski definition) is 7. The number of nitrogens with zero attached hydrogens (tertiary/aromatic N) is 5. The fourth-order valence-electron chi connectivity index (χ4n) is 6.96. The highest BCUT2D eigenvalue weighted by atomic mass is 16.1. The summed E-state index contributed by atoms with van der Waals surface area (Å²) in [6.07, 6.45) is 11.2. The highest BCUT2D eigenvalue weighted by Gasteiger charge is 2.48. The van der Waals surface area contributed by atoms with E-state index < -0.39 is 0 Å². The second-order valence-electron chi connectivity index (χ2n) is 11.3. The number of benzene rings is 1. The van der Waals surface area contributed by atoms with Crippen LogP contribution in [0, 0.1) is 5.92 Å². The van der Waals surface area contributed by atoms with Crippen LogP contribution in [0.2, 0.25) is 0 Å². The largest absolute Gasteiger partial charge is 0.355 e. The van der Waals surface area contributed by atoms with Gasteiger partial charge in [0.15, 0.2) is 0 Å². The number of hydrogen-bond donors (Lipinski definition) is 3. The standard InChI is InChI=1S/C28H42N8O/c1-20-10-7-8-18-34(20)19-17-29-25(37)16-9-15-24-31-32-28-35(24)23-14-6-5-13-22(23)27-30-26(33-36(27)28)21-11-3-2-4-12-21/h2-4,11-12,20,22-23,26-27,30,33H,5-10,13-19H2,1H3,(H,29,37)/t20-,22?,23?,26?,27?/m0/s1. The van der Waals surface area contributed by atoms with E-state index in [9.17, 15) is 4.79 Å². The number of aryl methyl sites for hydroxylation is 1.